The highest BCUT2D eigenvalue weighted by Crippen LogP contribution is 2.44. The molecule has 17 heteroatoms. The van der Waals surface area contributed by atoms with Gasteiger partial charge in [-0.3, -0.25) is 19.6 Å². The van der Waals surface area contributed by atoms with E-state index < -0.39 is 5.97 Å². The van der Waals surface area contributed by atoms with Crippen LogP contribution in [0.5, 0.6) is 11.5 Å². The Morgan fingerprint density at radius 2 is 1.24 bits per heavy atom. The molecular formula is C46H50N10O5S2. The van der Waals surface area contributed by atoms with Crippen LogP contribution in [-0.2, 0) is 48.4 Å². The minimum Gasteiger partial charge on any atom is -0.495 e. The molecule has 6 aromatic rings. The fourth-order valence-electron chi connectivity index (χ4n) is 8.94. The smallest absolute Gasteiger partial charge is 0.306 e. The van der Waals surface area contributed by atoms with Gasteiger partial charge in [0, 0.05) is 41.7 Å². The van der Waals surface area contributed by atoms with Gasteiger partial charge in [-0.15, -0.1) is 22.7 Å². The van der Waals surface area contributed by atoms with E-state index in [1.807, 2.05) is 42.6 Å². The van der Waals surface area contributed by atoms with Gasteiger partial charge in [0.25, 0.3) is 0 Å². The topological polar surface area (TPSA) is 180 Å². The average Bonchev–Trinajstić information content (AvgIpc) is 4.10. The van der Waals surface area contributed by atoms with Crippen LogP contribution in [0.1, 0.15) is 62.4 Å². The number of anilines is 4. The summed E-state index contributed by atoms with van der Waals surface area (Å²) in [6, 6.07) is 8.14. The van der Waals surface area contributed by atoms with Gasteiger partial charge in [-0.1, -0.05) is 0 Å². The largest absolute Gasteiger partial charge is 0.495 e. The summed E-state index contributed by atoms with van der Waals surface area (Å²) in [5, 5.41) is 18.3. The van der Waals surface area contributed by atoms with Crippen molar-refractivity contribution >= 4 is 90.4 Å². The lowest BCUT2D eigenvalue weighted by Crippen LogP contribution is -2.36. The first-order valence-electron chi connectivity index (χ1n) is 21.2. The molecule has 326 valence electrons. The summed E-state index contributed by atoms with van der Waals surface area (Å²) in [7, 11) is 9.39. The number of aryl methyl sites for hydroxylation is 2. The number of carboxylic acids is 1. The first-order chi connectivity index (χ1) is 30.6. The molecule has 0 fully saturated rings. The third kappa shape index (κ3) is 8.56. The SMILES string of the molecule is COc1cc2c(cc1Nc1ncnc3sc4c(c13)CC[C@H](C(=O)N(C)CCCN(C)C)C4)C=NC2.COc1cc2c(cc1Nc1ncnc3sc4c(c13)CC[C@H](C(=O)O)C4)C=NC2. The van der Waals surface area contributed by atoms with Crippen LogP contribution >= 0.6 is 22.7 Å². The first-order valence-corrected chi connectivity index (χ1v) is 22.8. The van der Waals surface area contributed by atoms with Gasteiger partial charge in [-0.25, -0.2) is 19.9 Å². The molecule has 4 aromatic heterocycles. The number of aromatic nitrogens is 4. The van der Waals surface area contributed by atoms with Crippen LogP contribution in [0.25, 0.3) is 20.4 Å². The fourth-order valence-corrected chi connectivity index (χ4v) is 11.5. The second-order valence-electron chi connectivity index (χ2n) is 16.6. The van der Waals surface area contributed by atoms with Gasteiger partial charge in [0.2, 0.25) is 5.91 Å². The van der Waals surface area contributed by atoms with Gasteiger partial charge in [0.05, 0.1) is 55.4 Å². The molecule has 10 rings (SSSR count). The monoisotopic (exact) mass is 886 g/mol. The lowest BCUT2D eigenvalue weighted by molar-refractivity contribution is -0.142. The molecule has 0 bridgehead atoms. The number of carbonyl (C=O) groups is 2. The number of nitrogens with zero attached hydrogens (tertiary/aromatic N) is 8. The Balaban J connectivity index is 0.000000164. The molecule has 0 saturated carbocycles. The summed E-state index contributed by atoms with van der Waals surface area (Å²) < 4.78 is 11.2. The molecule has 0 radical (unpaired) electrons. The number of aliphatic imine (C=N–C) groups is 2. The molecule has 6 heterocycles. The van der Waals surface area contributed by atoms with Crippen molar-refractivity contribution in [3.05, 3.63) is 80.1 Å². The first kappa shape index (κ1) is 42.3. The van der Waals surface area contributed by atoms with E-state index >= 15 is 0 Å². The number of methoxy groups -OCH3 is 2. The number of carboxylic acid groups (broad SMARTS) is 1. The second-order valence-corrected chi connectivity index (χ2v) is 18.8. The van der Waals surface area contributed by atoms with Gasteiger partial charge >= 0.3 is 5.97 Å². The number of nitrogens with one attached hydrogen (secondary N) is 2. The van der Waals surface area contributed by atoms with Crippen molar-refractivity contribution in [1.82, 2.24) is 29.7 Å². The molecule has 63 heavy (non-hydrogen) atoms. The number of rotatable bonds is 12. The highest BCUT2D eigenvalue weighted by atomic mass is 32.1. The normalized spacial score (nSPS) is 16.9. The molecule has 15 nitrogen and oxygen atoms in total. The summed E-state index contributed by atoms with van der Waals surface area (Å²) >= 11 is 3.26. The lowest BCUT2D eigenvalue weighted by Gasteiger charge is -2.27. The molecule has 2 atom stereocenters. The van der Waals surface area contributed by atoms with Crippen LogP contribution in [0.2, 0.25) is 0 Å². The maximum absolute atomic E-state index is 13.1. The zero-order valence-corrected chi connectivity index (χ0v) is 37.7. The van der Waals surface area contributed by atoms with Gasteiger partial charge < -0.3 is 35.0 Å². The van der Waals surface area contributed by atoms with Crippen LogP contribution < -0.4 is 20.1 Å². The molecular weight excluding hydrogens is 837 g/mol. The number of carbonyl (C=O) groups excluding carboxylic acids is 1. The van der Waals surface area contributed by atoms with E-state index in [0.29, 0.717) is 25.9 Å². The minimum absolute atomic E-state index is 0.0281. The van der Waals surface area contributed by atoms with Crippen LogP contribution in [0.3, 0.4) is 0 Å². The van der Waals surface area contributed by atoms with Crippen molar-refractivity contribution in [3.8, 4) is 11.5 Å². The van der Waals surface area contributed by atoms with Gasteiger partial charge in [0.1, 0.15) is 45.5 Å². The number of aliphatic carboxylic acids is 1. The third-order valence-corrected chi connectivity index (χ3v) is 14.6. The Hall–Kier alpha value is -6.04. The number of amides is 1. The van der Waals surface area contributed by atoms with Crippen molar-refractivity contribution in [3.63, 3.8) is 0 Å². The van der Waals surface area contributed by atoms with Crippen molar-refractivity contribution in [2.45, 2.75) is 58.0 Å². The summed E-state index contributed by atoms with van der Waals surface area (Å²) in [4.78, 5) is 59.5. The summed E-state index contributed by atoms with van der Waals surface area (Å²) in [5.41, 5.74) is 8.61. The lowest BCUT2D eigenvalue weighted by atomic mass is 9.87. The van der Waals surface area contributed by atoms with Crippen LogP contribution in [-0.4, -0.2) is 108 Å². The number of benzene rings is 2. The number of fused-ring (bicyclic) bond motifs is 8. The summed E-state index contributed by atoms with van der Waals surface area (Å²) in [6.07, 6.45) is 12.3. The Labute approximate surface area is 373 Å². The number of ether oxygens (including phenoxy) is 2. The van der Waals surface area contributed by atoms with Gasteiger partial charge in [0.15, 0.2) is 0 Å². The molecule has 4 aliphatic rings. The second kappa shape index (κ2) is 18.0. The Morgan fingerprint density at radius 3 is 1.73 bits per heavy atom. The standard InChI is InChI=1S/C26H32N6O2S.C20H18N4O3S/c1-31(2)8-5-9-32(3)26(33)16-6-7-19-22(12-16)35-25-23(19)24(28-15-29-25)30-20-10-17-13-27-14-18(17)11-21(20)34-4;1-27-15-5-12-8-21-7-11(12)4-14(15)24-18-17-13-3-2-10(20(25)26)6-16(13)28-19(17)23-9-22-18/h10-11,13,15-16H,5-9,12,14H2,1-4H3,(H,28,29,30);4-5,7,9-10H,2-3,6,8H2,1H3,(H,25,26)(H,22,23,24)/t16-;10-/m00/s1. The minimum atomic E-state index is -0.725. The maximum atomic E-state index is 13.1. The molecule has 1 amide bonds. The Morgan fingerprint density at radius 1 is 0.730 bits per heavy atom. The summed E-state index contributed by atoms with van der Waals surface area (Å²) in [6.45, 7) is 3.14. The van der Waals surface area contributed by atoms with E-state index in [9.17, 15) is 14.7 Å². The Bertz CT molecular complexity index is 2800. The quantitative estimate of drug-likeness (QED) is 0.111. The van der Waals surface area contributed by atoms with Crippen molar-refractivity contribution < 1.29 is 24.2 Å². The van der Waals surface area contributed by atoms with E-state index in [1.165, 1.54) is 16.0 Å². The number of hydrogen-bond acceptors (Lipinski definition) is 15. The average molecular weight is 887 g/mol. The van der Waals surface area contributed by atoms with Crippen LogP contribution in [0.15, 0.2) is 46.9 Å². The van der Waals surface area contributed by atoms with Gasteiger partial charge in [-0.2, -0.15) is 0 Å². The van der Waals surface area contributed by atoms with E-state index in [1.54, 1.807) is 49.5 Å². The molecule has 2 aliphatic carbocycles. The number of thiophene rings is 2. The molecule has 0 unspecified atom stereocenters. The maximum Gasteiger partial charge on any atom is 0.306 e. The van der Waals surface area contributed by atoms with Crippen LogP contribution in [0.4, 0.5) is 23.0 Å². The molecule has 2 aliphatic heterocycles. The predicted molar refractivity (Wildman–Crippen MR) is 249 cm³/mol. The van der Waals surface area contributed by atoms with Gasteiger partial charge in [-0.05, 0) is 123 Å². The van der Waals surface area contributed by atoms with Crippen molar-refractivity contribution in [1.29, 1.82) is 0 Å². The van der Waals surface area contributed by atoms with E-state index in [-0.39, 0.29) is 17.7 Å². The molecule has 3 N–H and O–H groups in total. The zero-order valence-electron chi connectivity index (χ0n) is 36.0. The van der Waals surface area contributed by atoms with E-state index in [4.69, 9.17) is 9.47 Å². The van der Waals surface area contributed by atoms with Crippen molar-refractivity contribution in [2.75, 3.05) is 59.1 Å². The highest BCUT2D eigenvalue weighted by molar-refractivity contribution is 7.19. The van der Waals surface area contributed by atoms with E-state index in [0.717, 1.165) is 127 Å². The predicted octanol–water partition coefficient (Wildman–Crippen LogP) is 7.46. The molecule has 0 spiro atoms. The summed E-state index contributed by atoms with van der Waals surface area (Å²) in [5.74, 6) is 2.26. The highest BCUT2D eigenvalue weighted by Gasteiger charge is 2.32. The van der Waals surface area contributed by atoms with Crippen molar-refractivity contribution in [2.24, 2.45) is 21.8 Å². The Kier molecular flexibility index (Phi) is 12.1. The van der Waals surface area contributed by atoms with E-state index in [2.05, 4.69) is 65.6 Å². The van der Waals surface area contributed by atoms with Crippen LogP contribution in [0, 0.1) is 11.8 Å². The number of hydrogen-bond donors (Lipinski definition) is 3. The third-order valence-electron chi connectivity index (χ3n) is 12.3. The zero-order chi connectivity index (χ0) is 43.8. The molecule has 2 aromatic carbocycles. The fraction of sp³-hybridized carbons (Fsp3) is 0.391. The molecule has 0 saturated heterocycles.